The number of aliphatic hydroxyl groups is 1. The summed E-state index contributed by atoms with van der Waals surface area (Å²) in [5.41, 5.74) is 1.98. The summed E-state index contributed by atoms with van der Waals surface area (Å²) in [6.45, 7) is 1.31. The first-order valence-corrected chi connectivity index (χ1v) is 6.83. The predicted molar refractivity (Wildman–Crippen MR) is 80.5 cm³/mol. The summed E-state index contributed by atoms with van der Waals surface area (Å²) in [6, 6.07) is 19.6. The first kappa shape index (κ1) is 14.7. The molecule has 0 aliphatic heterocycles. The third kappa shape index (κ3) is 3.90. The van der Waals surface area contributed by atoms with Crippen LogP contribution in [-0.2, 0) is 4.74 Å². The molecule has 0 spiro atoms. The van der Waals surface area contributed by atoms with Gasteiger partial charge in [-0.2, -0.15) is 0 Å². The van der Waals surface area contributed by atoms with Gasteiger partial charge >= 0.3 is 0 Å². The number of aliphatic hydroxyl groups excluding tert-OH is 1. The van der Waals surface area contributed by atoms with Crippen LogP contribution in [0.4, 0.5) is 0 Å². The zero-order valence-corrected chi connectivity index (χ0v) is 11.7. The van der Waals surface area contributed by atoms with Crippen molar-refractivity contribution in [2.24, 2.45) is 0 Å². The largest absolute Gasteiger partial charge is 0.386 e. The van der Waals surface area contributed by atoms with Gasteiger partial charge in [0.25, 0.3) is 0 Å². The van der Waals surface area contributed by atoms with Gasteiger partial charge in [-0.3, -0.25) is 0 Å². The maximum Gasteiger partial charge on any atom is 0.0984 e. The summed E-state index contributed by atoms with van der Waals surface area (Å²) in [5, 5.41) is 14.0. The topological polar surface area (TPSA) is 41.5 Å². The van der Waals surface area contributed by atoms with Crippen molar-refractivity contribution in [1.82, 2.24) is 5.32 Å². The highest BCUT2D eigenvalue weighted by atomic mass is 16.5. The van der Waals surface area contributed by atoms with E-state index in [1.165, 1.54) is 0 Å². The third-order valence-electron chi connectivity index (χ3n) is 3.29. The average molecular weight is 271 g/mol. The number of hydrogen-bond acceptors (Lipinski definition) is 3. The highest BCUT2D eigenvalue weighted by Crippen LogP contribution is 2.28. The molecule has 20 heavy (non-hydrogen) atoms. The van der Waals surface area contributed by atoms with Gasteiger partial charge < -0.3 is 15.2 Å². The van der Waals surface area contributed by atoms with E-state index in [1.54, 1.807) is 7.11 Å². The van der Waals surface area contributed by atoms with Crippen molar-refractivity contribution in [3.05, 3.63) is 71.8 Å². The molecule has 2 N–H and O–H groups in total. The highest BCUT2D eigenvalue weighted by Gasteiger charge is 2.21. The molecule has 0 radical (unpaired) electrons. The molecule has 3 heteroatoms. The lowest BCUT2D eigenvalue weighted by Gasteiger charge is -2.25. The third-order valence-corrected chi connectivity index (χ3v) is 3.29. The van der Waals surface area contributed by atoms with Gasteiger partial charge in [-0.25, -0.2) is 0 Å². The Labute approximate surface area is 120 Å². The number of nitrogens with one attached hydrogen (secondary N) is 1. The monoisotopic (exact) mass is 271 g/mol. The summed E-state index contributed by atoms with van der Waals surface area (Å²) in [5.74, 6) is 0. The van der Waals surface area contributed by atoms with E-state index in [1.807, 2.05) is 60.7 Å². The van der Waals surface area contributed by atoms with Crippen LogP contribution < -0.4 is 5.32 Å². The molecule has 0 aliphatic carbocycles. The van der Waals surface area contributed by atoms with E-state index in [-0.39, 0.29) is 6.04 Å². The van der Waals surface area contributed by atoms with Crippen LogP contribution in [0.25, 0.3) is 0 Å². The molecule has 0 heterocycles. The fraction of sp³-hybridized carbons (Fsp3) is 0.294. The molecule has 2 aromatic rings. The Bertz CT molecular complexity index is 487. The van der Waals surface area contributed by atoms with Crippen LogP contribution in [-0.4, -0.2) is 25.4 Å². The zero-order chi connectivity index (χ0) is 14.2. The van der Waals surface area contributed by atoms with E-state index < -0.39 is 6.10 Å². The molecule has 0 amide bonds. The Balaban J connectivity index is 2.17. The molecule has 2 rings (SSSR count). The van der Waals surface area contributed by atoms with E-state index >= 15 is 0 Å². The lowest BCUT2D eigenvalue weighted by Crippen LogP contribution is -2.29. The van der Waals surface area contributed by atoms with E-state index in [4.69, 9.17) is 4.74 Å². The summed E-state index contributed by atoms with van der Waals surface area (Å²) in [4.78, 5) is 0. The van der Waals surface area contributed by atoms with Crippen LogP contribution in [0.15, 0.2) is 60.7 Å². The Kier molecular flexibility index (Phi) is 5.74. The molecule has 0 fully saturated rings. The Hall–Kier alpha value is -1.68. The van der Waals surface area contributed by atoms with E-state index in [9.17, 15) is 5.11 Å². The van der Waals surface area contributed by atoms with Crippen molar-refractivity contribution >= 4 is 0 Å². The Morgan fingerprint density at radius 2 is 1.50 bits per heavy atom. The molecule has 0 saturated heterocycles. The first-order valence-electron chi connectivity index (χ1n) is 6.83. The van der Waals surface area contributed by atoms with E-state index in [0.29, 0.717) is 13.2 Å². The predicted octanol–water partition coefficient (Wildman–Crippen LogP) is 2.70. The van der Waals surface area contributed by atoms with Gasteiger partial charge in [-0.1, -0.05) is 60.7 Å². The quantitative estimate of drug-likeness (QED) is 0.761. The smallest absolute Gasteiger partial charge is 0.0984 e. The van der Waals surface area contributed by atoms with Gasteiger partial charge in [0, 0.05) is 13.7 Å². The number of rotatable bonds is 7. The molecule has 0 bridgehead atoms. The zero-order valence-electron chi connectivity index (χ0n) is 11.7. The lowest BCUT2D eigenvalue weighted by atomic mass is 9.96. The maximum absolute atomic E-state index is 10.6. The molecule has 0 aromatic heterocycles. The minimum absolute atomic E-state index is 0.145. The lowest BCUT2D eigenvalue weighted by molar-refractivity contribution is 0.119. The second-order valence-electron chi connectivity index (χ2n) is 4.69. The summed E-state index contributed by atoms with van der Waals surface area (Å²) < 4.78 is 5.07. The van der Waals surface area contributed by atoms with Crippen molar-refractivity contribution in [3.8, 4) is 0 Å². The highest BCUT2D eigenvalue weighted by molar-refractivity contribution is 5.26. The van der Waals surface area contributed by atoms with Crippen LogP contribution in [0, 0.1) is 0 Å². The second-order valence-corrected chi connectivity index (χ2v) is 4.69. The van der Waals surface area contributed by atoms with Crippen LogP contribution in [0.2, 0.25) is 0 Å². The number of hydrogen-bond donors (Lipinski definition) is 2. The normalized spacial score (nSPS) is 13.9. The maximum atomic E-state index is 10.6. The number of ether oxygens (including phenoxy) is 1. The number of benzene rings is 2. The van der Waals surface area contributed by atoms with Gasteiger partial charge in [0.15, 0.2) is 0 Å². The summed E-state index contributed by atoms with van der Waals surface area (Å²) in [6.07, 6.45) is -0.588. The van der Waals surface area contributed by atoms with Gasteiger partial charge in [-0.15, -0.1) is 0 Å². The second kappa shape index (κ2) is 7.80. The van der Waals surface area contributed by atoms with Crippen LogP contribution >= 0.6 is 0 Å². The average Bonchev–Trinajstić information content (AvgIpc) is 2.53. The first-order chi connectivity index (χ1) is 9.83. The van der Waals surface area contributed by atoms with Crippen molar-refractivity contribution < 1.29 is 9.84 Å². The molecule has 0 aliphatic rings. The minimum atomic E-state index is -0.588. The van der Waals surface area contributed by atoms with Gasteiger partial charge in [-0.05, 0) is 11.1 Å². The van der Waals surface area contributed by atoms with Crippen molar-refractivity contribution in [1.29, 1.82) is 0 Å². The molecule has 2 atom stereocenters. The SMILES string of the molecule is COCCN[C@@H](c1ccccc1)[C@@H](O)c1ccccc1. The molecular formula is C17H21NO2. The fourth-order valence-corrected chi connectivity index (χ4v) is 2.23. The van der Waals surface area contributed by atoms with Crippen LogP contribution in [0.3, 0.4) is 0 Å². The molecular weight excluding hydrogens is 250 g/mol. The Morgan fingerprint density at radius 3 is 2.05 bits per heavy atom. The fourth-order valence-electron chi connectivity index (χ4n) is 2.23. The van der Waals surface area contributed by atoms with Crippen molar-refractivity contribution in [2.45, 2.75) is 12.1 Å². The van der Waals surface area contributed by atoms with Gasteiger partial charge in [0.05, 0.1) is 18.8 Å². The molecule has 0 unspecified atom stereocenters. The van der Waals surface area contributed by atoms with Crippen LogP contribution in [0.5, 0.6) is 0 Å². The molecule has 0 saturated carbocycles. The molecule has 2 aromatic carbocycles. The van der Waals surface area contributed by atoms with Crippen molar-refractivity contribution in [2.75, 3.05) is 20.3 Å². The minimum Gasteiger partial charge on any atom is -0.386 e. The van der Waals surface area contributed by atoms with Gasteiger partial charge in [0.2, 0.25) is 0 Å². The molecule has 3 nitrogen and oxygen atoms in total. The van der Waals surface area contributed by atoms with E-state index in [0.717, 1.165) is 11.1 Å². The Morgan fingerprint density at radius 1 is 0.950 bits per heavy atom. The molecule has 106 valence electrons. The van der Waals surface area contributed by atoms with Crippen LogP contribution in [0.1, 0.15) is 23.3 Å². The van der Waals surface area contributed by atoms with Crippen molar-refractivity contribution in [3.63, 3.8) is 0 Å². The summed E-state index contributed by atoms with van der Waals surface area (Å²) in [7, 11) is 1.67. The van der Waals surface area contributed by atoms with Gasteiger partial charge in [0.1, 0.15) is 0 Å². The number of methoxy groups -OCH3 is 1. The standard InChI is InChI=1S/C17H21NO2/c1-20-13-12-18-16(14-8-4-2-5-9-14)17(19)15-10-6-3-7-11-15/h2-11,16-19H,12-13H2,1H3/t16-,17-/m0/s1. The summed E-state index contributed by atoms with van der Waals surface area (Å²) >= 11 is 0. The van der Waals surface area contributed by atoms with E-state index in [2.05, 4.69) is 5.32 Å².